The van der Waals surface area contributed by atoms with Gasteiger partial charge in [0.05, 0.1) is 4.92 Å². The standard InChI is InChI=1S/C18H25N3O2/c22-21(23)17-5-2-14(3-6-17)13-19-7-9-20(10-8-19)18-12-15-1-4-16(18)11-15/h2-3,5-6,15-16,18H,1,4,7-13H2/t15-,16-,18+/m0/s1. The normalized spacial score (nSPS) is 31.6. The molecule has 0 aromatic heterocycles. The third kappa shape index (κ3) is 3.12. The Morgan fingerprint density at radius 2 is 1.78 bits per heavy atom. The second kappa shape index (κ2) is 6.21. The van der Waals surface area contributed by atoms with Gasteiger partial charge in [-0.2, -0.15) is 0 Å². The Kier molecular flexibility index (Phi) is 4.07. The van der Waals surface area contributed by atoms with E-state index in [-0.39, 0.29) is 10.6 Å². The summed E-state index contributed by atoms with van der Waals surface area (Å²) in [5.74, 6) is 1.99. The van der Waals surface area contributed by atoms with E-state index in [9.17, 15) is 10.1 Å². The number of non-ortho nitro benzene ring substituents is 1. The summed E-state index contributed by atoms with van der Waals surface area (Å²) in [6, 6.07) is 7.86. The first-order valence-electron chi connectivity index (χ1n) is 8.89. The van der Waals surface area contributed by atoms with Crippen molar-refractivity contribution in [3.05, 3.63) is 39.9 Å². The van der Waals surface area contributed by atoms with E-state index in [2.05, 4.69) is 9.80 Å². The lowest BCUT2D eigenvalue weighted by Gasteiger charge is -2.41. The minimum absolute atomic E-state index is 0.176. The van der Waals surface area contributed by atoms with Gasteiger partial charge in [0.25, 0.3) is 5.69 Å². The first-order valence-corrected chi connectivity index (χ1v) is 8.89. The zero-order valence-corrected chi connectivity index (χ0v) is 13.6. The van der Waals surface area contributed by atoms with Gasteiger partial charge in [-0.3, -0.25) is 19.9 Å². The number of nitro benzene ring substituents is 1. The Hall–Kier alpha value is -1.46. The number of piperazine rings is 1. The average molecular weight is 315 g/mol. The zero-order chi connectivity index (χ0) is 15.8. The lowest BCUT2D eigenvalue weighted by molar-refractivity contribution is -0.384. The van der Waals surface area contributed by atoms with Crippen LogP contribution in [0, 0.1) is 22.0 Å². The molecule has 0 radical (unpaired) electrons. The fraction of sp³-hybridized carbons (Fsp3) is 0.667. The van der Waals surface area contributed by atoms with Crippen LogP contribution in [0.4, 0.5) is 5.69 Å². The molecule has 0 spiro atoms. The van der Waals surface area contributed by atoms with Crippen LogP contribution in [0.5, 0.6) is 0 Å². The third-order valence-corrected chi connectivity index (χ3v) is 6.13. The van der Waals surface area contributed by atoms with E-state index >= 15 is 0 Å². The van der Waals surface area contributed by atoms with Gasteiger partial charge in [0.1, 0.15) is 0 Å². The monoisotopic (exact) mass is 315 g/mol. The summed E-state index contributed by atoms with van der Waals surface area (Å²) < 4.78 is 0. The molecule has 5 heteroatoms. The molecule has 5 nitrogen and oxygen atoms in total. The van der Waals surface area contributed by atoms with Crippen molar-refractivity contribution in [3.8, 4) is 0 Å². The third-order valence-electron chi connectivity index (χ3n) is 6.13. The minimum Gasteiger partial charge on any atom is -0.298 e. The molecule has 23 heavy (non-hydrogen) atoms. The average Bonchev–Trinajstić information content (AvgIpc) is 3.19. The predicted octanol–water partition coefficient (Wildman–Crippen LogP) is 2.90. The number of nitrogens with zero attached hydrogens (tertiary/aromatic N) is 3. The van der Waals surface area contributed by atoms with Crippen LogP contribution in [0.1, 0.15) is 31.2 Å². The molecule has 1 saturated heterocycles. The number of hydrogen-bond donors (Lipinski definition) is 0. The smallest absolute Gasteiger partial charge is 0.269 e. The SMILES string of the molecule is O=[N+]([O-])c1ccc(CN2CCN([C@@H]3C[C@H]4CC[C@H]3C4)CC2)cc1. The molecule has 3 fully saturated rings. The Balaban J connectivity index is 1.29. The molecule has 1 aliphatic heterocycles. The summed E-state index contributed by atoms with van der Waals surface area (Å²) in [7, 11) is 0. The van der Waals surface area contributed by atoms with E-state index in [1.807, 2.05) is 12.1 Å². The molecule has 124 valence electrons. The Morgan fingerprint density at radius 1 is 1.04 bits per heavy atom. The number of nitro groups is 1. The van der Waals surface area contributed by atoms with Crippen LogP contribution in [-0.4, -0.2) is 46.9 Å². The largest absolute Gasteiger partial charge is 0.298 e. The number of fused-ring (bicyclic) bond motifs is 2. The summed E-state index contributed by atoms with van der Waals surface area (Å²) in [6.07, 6.45) is 5.85. The molecule has 0 amide bonds. The van der Waals surface area contributed by atoms with E-state index < -0.39 is 0 Å². The molecule has 3 atom stereocenters. The van der Waals surface area contributed by atoms with Gasteiger partial charge >= 0.3 is 0 Å². The van der Waals surface area contributed by atoms with Crippen molar-refractivity contribution in [3.63, 3.8) is 0 Å². The fourth-order valence-electron chi connectivity index (χ4n) is 4.89. The second-order valence-electron chi connectivity index (χ2n) is 7.48. The van der Waals surface area contributed by atoms with Gasteiger partial charge in [0.2, 0.25) is 0 Å². The molecule has 1 heterocycles. The van der Waals surface area contributed by atoms with Crippen molar-refractivity contribution < 1.29 is 4.92 Å². The van der Waals surface area contributed by atoms with Crippen LogP contribution >= 0.6 is 0 Å². The van der Waals surface area contributed by atoms with Crippen LogP contribution < -0.4 is 0 Å². The highest BCUT2D eigenvalue weighted by Crippen LogP contribution is 2.46. The summed E-state index contributed by atoms with van der Waals surface area (Å²) >= 11 is 0. The molecule has 0 unspecified atom stereocenters. The molecule has 1 aromatic rings. The molecule has 0 N–H and O–H groups in total. The summed E-state index contributed by atoms with van der Waals surface area (Å²) in [4.78, 5) is 15.6. The van der Waals surface area contributed by atoms with Crippen molar-refractivity contribution in [1.29, 1.82) is 0 Å². The topological polar surface area (TPSA) is 49.6 Å². The molecule has 1 aromatic carbocycles. The molecule has 3 aliphatic rings. The Morgan fingerprint density at radius 3 is 2.35 bits per heavy atom. The van der Waals surface area contributed by atoms with Crippen LogP contribution in [0.2, 0.25) is 0 Å². The Bertz CT molecular complexity index is 566. The van der Waals surface area contributed by atoms with E-state index in [4.69, 9.17) is 0 Å². The first kappa shape index (κ1) is 15.1. The van der Waals surface area contributed by atoms with Gasteiger partial charge < -0.3 is 0 Å². The highest BCUT2D eigenvalue weighted by molar-refractivity contribution is 5.32. The lowest BCUT2D eigenvalue weighted by Crippen LogP contribution is -2.51. The second-order valence-corrected chi connectivity index (χ2v) is 7.48. The van der Waals surface area contributed by atoms with Crippen LogP contribution in [0.3, 0.4) is 0 Å². The van der Waals surface area contributed by atoms with E-state index in [1.165, 1.54) is 44.3 Å². The quantitative estimate of drug-likeness (QED) is 0.633. The number of hydrogen-bond acceptors (Lipinski definition) is 4. The maximum Gasteiger partial charge on any atom is 0.269 e. The maximum absolute atomic E-state index is 10.7. The van der Waals surface area contributed by atoms with Crippen molar-refractivity contribution in [1.82, 2.24) is 9.80 Å². The minimum atomic E-state index is -0.335. The van der Waals surface area contributed by atoms with Gasteiger partial charge in [-0.1, -0.05) is 18.6 Å². The van der Waals surface area contributed by atoms with Gasteiger partial charge in [-0.25, -0.2) is 0 Å². The van der Waals surface area contributed by atoms with Crippen molar-refractivity contribution in [2.75, 3.05) is 26.2 Å². The first-order chi connectivity index (χ1) is 11.2. The molecule has 2 aliphatic carbocycles. The van der Waals surface area contributed by atoms with Gasteiger partial charge in [0, 0.05) is 50.9 Å². The molecule has 2 bridgehead atoms. The molecular weight excluding hydrogens is 290 g/mol. The number of benzene rings is 1. The molecule has 4 rings (SSSR count). The van der Waals surface area contributed by atoms with Crippen LogP contribution in [-0.2, 0) is 6.54 Å². The summed E-state index contributed by atoms with van der Waals surface area (Å²) in [5, 5.41) is 10.7. The highest BCUT2D eigenvalue weighted by Gasteiger charge is 2.42. The molecular formula is C18H25N3O2. The van der Waals surface area contributed by atoms with Crippen molar-refractivity contribution in [2.45, 2.75) is 38.3 Å². The summed E-state index contributed by atoms with van der Waals surface area (Å²) in [5.41, 5.74) is 1.35. The van der Waals surface area contributed by atoms with Gasteiger partial charge in [-0.15, -0.1) is 0 Å². The van der Waals surface area contributed by atoms with Crippen molar-refractivity contribution in [2.24, 2.45) is 11.8 Å². The summed E-state index contributed by atoms with van der Waals surface area (Å²) in [6.45, 7) is 5.50. The Labute approximate surface area is 137 Å². The van der Waals surface area contributed by atoms with E-state index in [0.717, 1.165) is 37.5 Å². The van der Waals surface area contributed by atoms with Gasteiger partial charge in [-0.05, 0) is 36.7 Å². The molecule has 2 saturated carbocycles. The lowest BCUT2D eigenvalue weighted by atomic mass is 9.93. The van der Waals surface area contributed by atoms with Gasteiger partial charge in [0.15, 0.2) is 0 Å². The van der Waals surface area contributed by atoms with Crippen molar-refractivity contribution >= 4 is 5.69 Å². The number of rotatable bonds is 4. The van der Waals surface area contributed by atoms with E-state index in [0.29, 0.717) is 0 Å². The zero-order valence-electron chi connectivity index (χ0n) is 13.6. The maximum atomic E-state index is 10.7. The predicted molar refractivity (Wildman–Crippen MR) is 89.2 cm³/mol. The fourth-order valence-corrected chi connectivity index (χ4v) is 4.89. The highest BCUT2D eigenvalue weighted by atomic mass is 16.6. The van der Waals surface area contributed by atoms with E-state index in [1.54, 1.807) is 12.1 Å². The van der Waals surface area contributed by atoms with Crippen LogP contribution in [0.25, 0.3) is 0 Å². The van der Waals surface area contributed by atoms with Crippen LogP contribution in [0.15, 0.2) is 24.3 Å².